The number of nitrogens with one attached hydrogen (secondary N) is 1. The molecular formula is C18H26N4O2S. The lowest BCUT2D eigenvalue weighted by molar-refractivity contribution is -0.119. The second-order valence-corrected chi connectivity index (χ2v) is 7.91. The Labute approximate surface area is 152 Å². The molecule has 6 nitrogen and oxygen atoms in total. The number of amides is 1. The van der Waals surface area contributed by atoms with E-state index >= 15 is 0 Å². The molecule has 136 valence electrons. The van der Waals surface area contributed by atoms with Gasteiger partial charge in [-0.25, -0.2) is 0 Å². The van der Waals surface area contributed by atoms with Crippen LogP contribution in [0, 0.1) is 5.92 Å². The molecule has 25 heavy (non-hydrogen) atoms. The molecular weight excluding hydrogens is 336 g/mol. The molecule has 0 radical (unpaired) electrons. The Morgan fingerprint density at radius 2 is 2.20 bits per heavy atom. The van der Waals surface area contributed by atoms with Gasteiger partial charge in [0.15, 0.2) is 10.9 Å². The van der Waals surface area contributed by atoms with Crippen molar-refractivity contribution in [1.82, 2.24) is 20.1 Å². The lowest BCUT2D eigenvalue weighted by Gasteiger charge is -2.29. The zero-order valence-electron chi connectivity index (χ0n) is 15.1. The minimum Gasteiger partial charge on any atom is -0.461 e. The van der Waals surface area contributed by atoms with Crippen molar-refractivity contribution in [3.05, 3.63) is 18.4 Å². The summed E-state index contributed by atoms with van der Waals surface area (Å²) in [6.07, 6.45) is 6.39. The van der Waals surface area contributed by atoms with Crippen molar-refractivity contribution < 1.29 is 9.21 Å². The van der Waals surface area contributed by atoms with Crippen molar-refractivity contribution in [2.24, 2.45) is 5.92 Å². The van der Waals surface area contributed by atoms with Gasteiger partial charge in [0.1, 0.15) is 0 Å². The van der Waals surface area contributed by atoms with E-state index in [1.807, 2.05) is 16.7 Å². The third-order valence-corrected chi connectivity index (χ3v) is 5.66. The number of hydrogen-bond acceptors (Lipinski definition) is 5. The molecule has 1 fully saturated rings. The molecule has 1 aliphatic rings. The van der Waals surface area contributed by atoms with E-state index in [1.54, 1.807) is 6.26 Å². The number of thioether (sulfide) groups is 1. The van der Waals surface area contributed by atoms with Crippen LogP contribution < -0.4 is 5.32 Å². The third kappa shape index (κ3) is 4.26. The maximum atomic E-state index is 12.3. The second kappa shape index (κ2) is 8.08. The third-order valence-electron chi connectivity index (χ3n) is 4.71. The molecule has 1 aliphatic carbocycles. The minimum atomic E-state index is 0.0709. The molecule has 2 atom stereocenters. The van der Waals surface area contributed by atoms with Gasteiger partial charge in [-0.15, -0.1) is 10.2 Å². The monoisotopic (exact) mass is 362 g/mol. The fourth-order valence-electron chi connectivity index (χ4n) is 3.32. The average molecular weight is 362 g/mol. The normalized spacial score (nSPS) is 20.8. The van der Waals surface area contributed by atoms with Gasteiger partial charge in [0.05, 0.1) is 12.0 Å². The van der Waals surface area contributed by atoms with Crippen LogP contribution in [0.4, 0.5) is 0 Å². The lowest BCUT2D eigenvalue weighted by Crippen LogP contribution is -2.41. The van der Waals surface area contributed by atoms with Crippen LogP contribution in [0.2, 0.25) is 0 Å². The van der Waals surface area contributed by atoms with Crippen molar-refractivity contribution in [2.75, 3.05) is 5.75 Å². The Balaban J connectivity index is 1.64. The number of carbonyl (C=O) groups is 1. The summed E-state index contributed by atoms with van der Waals surface area (Å²) in [5, 5.41) is 12.4. The molecule has 2 unspecified atom stereocenters. The number of hydrogen-bond donors (Lipinski definition) is 1. The largest absolute Gasteiger partial charge is 0.461 e. The zero-order chi connectivity index (χ0) is 17.8. The summed E-state index contributed by atoms with van der Waals surface area (Å²) in [5.41, 5.74) is 0. The van der Waals surface area contributed by atoms with E-state index in [-0.39, 0.29) is 11.9 Å². The summed E-state index contributed by atoms with van der Waals surface area (Å²) in [6, 6.07) is 4.19. The predicted molar refractivity (Wildman–Crippen MR) is 98.4 cm³/mol. The molecule has 1 saturated carbocycles. The number of carbonyl (C=O) groups excluding carboxylic acids is 1. The summed E-state index contributed by atoms with van der Waals surface area (Å²) in [4.78, 5) is 12.3. The molecule has 0 aromatic carbocycles. The van der Waals surface area contributed by atoms with E-state index in [0.717, 1.165) is 11.6 Å². The Hall–Kier alpha value is -1.76. The maximum Gasteiger partial charge on any atom is 0.230 e. The summed E-state index contributed by atoms with van der Waals surface area (Å²) in [5.74, 6) is 2.37. The van der Waals surface area contributed by atoms with Crippen LogP contribution >= 0.6 is 11.8 Å². The molecule has 2 aromatic rings. The van der Waals surface area contributed by atoms with E-state index < -0.39 is 0 Å². The van der Waals surface area contributed by atoms with Crippen LogP contribution in [-0.4, -0.2) is 32.5 Å². The van der Waals surface area contributed by atoms with E-state index in [0.29, 0.717) is 29.3 Å². The number of aromatic nitrogens is 3. The van der Waals surface area contributed by atoms with Gasteiger partial charge < -0.3 is 9.73 Å². The Kier molecular flexibility index (Phi) is 5.83. The molecule has 2 aromatic heterocycles. The smallest absolute Gasteiger partial charge is 0.230 e. The van der Waals surface area contributed by atoms with E-state index in [1.165, 1.54) is 31.0 Å². The van der Waals surface area contributed by atoms with Gasteiger partial charge in [-0.05, 0) is 44.7 Å². The first kappa shape index (κ1) is 18.0. The molecule has 0 aliphatic heterocycles. The first-order valence-corrected chi connectivity index (χ1v) is 9.95. The summed E-state index contributed by atoms with van der Waals surface area (Å²) in [7, 11) is 0. The van der Waals surface area contributed by atoms with Crippen molar-refractivity contribution in [3.8, 4) is 11.6 Å². The molecule has 1 amide bonds. The van der Waals surface area contributed by atoms with Gasteiger partial charge in [0.2, 0.25) is 11.7 Å². The molecule has 3 rings (SSSR count). The zero-order valence-corrected chi connectivity index (χ0v) is 15.9. The van der Waals surface area contributed by atoms with Crippen LogP contribution in [0.15, 0.2) is 28.0 Å². The Morgan fingerprint density at radius 3 is 2.88 bits per heavy atom. The van der Waals surface area contributed by atoms with Gasteiger partial charge in [0, 0.05) is 12.1 Å². The van der Waals surface area contributed by atoms with Crippen molar-refractivity contribution in [1.29, 1.82) is 0 Å². The summed E-state index contributed by atoms with van der Waals surface area (Å²) in [6.45, 7) is 6.37. The average Bonchev–Trinajstić information content (AvgIpc) is 3.24. The summed E-state index contributed by atoms with van der Waals surface area (Å²) >= 11 is 1.43. The first-order chi connectivity index (χ1) is 12.1. The number of rotatable bonds is 6. The van der Waals surface area contributed by atoms with Gasteiger partial charge in [-0.3, -0.25) is 9.36 Å². The van der Waals surface area contributed by atoms with Crippen LogP contribution in [-0.2, 0) is 4.79 Å². The van der Waals surface area contributed by atoms with E-state index in [9.17, 15) is 4.79 Å². The van der Waals surface area contributed by atoms with E-state index in [2.05, 4.69) is 36.3 Å². The standard InChI is InChI=1S/C18H26N4O2S/c1-12(2)22-17(15-9-6-10-24-15)20-21-18(22)25-11-16(23)19-14-8-5-4-7-13(14)3/h6,9-10,12-14H,4-5,7-8,11H2,1-3H3,(H,19,23). The first-order valence-electron chi connectivity index (χ1n) is 8.97. The van der Waals surface area contributed by atoms with Gasteiger partial charge >= 0.3 is 0 Å². The molecule has 0 spiro atoms. The highest BCUT2D eigenvalue weighted by Crippen LogP contribution is 2.28. The fourth-order valence-corrected chi connectivity index (χ4v) is 4.20. The second-order valence-electron chi connectivity index (χ2n) is 6.97. The molecule has 1 N–H and O–H groups in total. The number of furan rings is 1. The van der Waals surface area contributed by atoms with E-state index in [4.69, 9.17) is 4.42 Å². The molecule has 0 bridgehead atoms. The van der Waals surface area contributed by atoms with Gasteiger partial charge in [-0.1, -0.05) is 31.5 Å². The van der Waals surface area contributed by atoms with Crippen LogP contribution in [0.3, 0.4) is 0 Å². The quantitative estimate of drug-likeness (QED) is 0.789. The molecule has 2 heterocycles. The SMILES string of the molecule is CC1CCCCC1NC(=O)CSc1nnc(-c2ccco2)n1C(C)C. The Morgan fingerprint density at radius 1 is 1.40 bits per heavy atom. The lowest BCUT2D eigenvalue weighted by atomic mass is 9.86. The van der Waals surface area contributed by atoms with Crippen molar-refractivity contribution in [2.45, 2.75) is 63.7 Å². The van der Waals surface area contributed by atoms with Crippen molar-refractivity contribution >= 4 is 17.7 Å². The van der Waals surface area contributed by atoms with Crippen molar-refractivity contribution in [3.63, 3.8) is 0 Å². The minimum absolute atomic E-state index is 0.0709. The highest BCUT2D eigenvalue weighted by atomic mass is 32.2. The van der Waals surface area contributed by atoms with Crippen LogP contribution in [0.1, 0.15) is 52.5 Å². The highest BCUT2D eigenvalue weighted by molar-refractivity contribution is 7.99. The summed E-state index contributed by atoms with van der Waals surface area (Å²) < 4.78 is 7.46. The topological polar surface area (TPSA) is 73.0 Å². The molecule has 7 heteroatoms. The number of nitrogens with zero attached hydrogens (tertiary/aromatic N) is 3. The molecule has 0 saturated heterocycles. The maximum absolute atomic E-state index is 12.3. The highest BCUT2D eigenvalue weighted by Gasteiger charge is 2.24. The fraction of sp³-hybridized carbons (Fsp3) is 0.611. The van der Waals surface area contributed by atoms with Crippen LogP contribution in [0.25, 0.3) is 11.6 Å². The van der Waals surface area contributed by atoms with Crippen LogP contribution in [0.5, 0.6) is 0 Å². The Bertz CT molecular complexity index is 696. The predicted octanol–water partition coefficient (Wildman–Crippen LogP) is 3.91. The van der Waals surface area contributed by atoms with Gasteiger partial charge in [-0.2, -0.15) is 0 Å². The van der Waals surface area contributed by atoms with Gasteiger partial charge in [0.25, 0.3) is 0 Å².